The number of amides is 2. The van der Waals surface area contributed by atoms with E-state index in [0.717, 1.165) is 43.0 Å². The largest absolute Gasteiger partial charge is 0.444 e. The van der Waals surface area contributed by atoms with Crippen LogP contribution in [0.25, 0.3) is 10.9 Å². The Hall–Kier alpha value is -3.54. The third kappa shape index (κ3) is 11.0. The number of rotatable bonds is 12. The molecule has 0 radical (unpaired) electrons. The number of likely N-dealkylation sites (tertiary alicyclic amines) is 1. The molecule has 268 valence electrons. The predicted molar refractivity (Wildman–Crippen MR) is 182 cm³/mol. The molecule has 2 N–H and O–H groups in total. The Bertz CT molecular complexity index is 1370. The molecule has 1 aliphatic heterocycles. The van der Waals surface area contributed by atoms with E-state index in [-0.39, 0.29) is 23.6 Å². The number of nitrogens with zero attached hydrogens (tertiary/aromatic N) is 2. The molecule has 4 rings (SSSR count). The fraction of sp³-hybridized carbons (Fsp3) is 0.667. The number of carbonyl (C=O) groups is 4. The SMILES string of the molecule is CCC(C=O)CCCC(CF)NC(=O)OC(C)(C)C.CN1CCC(C2CCCCC2)C1C(=O)Nc1ccc2c(c1)cc(C(=O)OF)n2C. The Labute approximate surface area is 283 Å². The van der Waals surface area contributed by atoms with Crippen LogP contribution in [0.15, 0.2) is 24.3 Å². The molecule has 1 saturated heterocycles. The van der Waals surface area contributed by atoms with E-state index >= 15 is 0 Å². The van der Waals surface area contributed by atoms with Crippen molar-refractivity contribution in [1.29, 1.82) is 0 Å². The number of fused-ring (bicyclic) bond motifs is 1. The van der Waals surface area contributed by atoms with Crippen molar-refractivity contribution in [2.24, 2.45) is 24.8 Å². The molecule has 2 amide bonds. The summed E-state index contributed by atoms with van der Waals surface area (Å²) < 4.78 is 31.7. The number of halogens is 2. The number of nitrogens with one attached hydrogen (secondary N) is 2. The first-order valence-corrected chi connectivity index (χ1v) is 17.3. The third-order valence-electron chi connectivity index (χ3n) is 9.56. The van der Waals surface area contributed by atoms with Gasteiger partial charge >= 0.3 is 12.1 Å². The van der Waals surface area contributed by atoms with E-state index in [9.17, 15) is 28.1 Å². The van der Waals surface area contributed by atoms with Crippen LogP contribution in [0.4, 0.5) is 19.4 Å². The summed E-state index contributed by atoms with van der Waals surface area (Å²) in [4.78, 5) is 52.4. The molecule has 0 spiro atoms. The van der Waals surface area contributed by atoms with Crippen LogP contribution in [-0.2, 0) is 26.3 Å². The first-order valence-electron chi connectivity index (χ1n) is 17.3. The number of aryl methyl sites for hydroxylation is 1. The molecule has 2 heterocycles. The maximum atomic E-state index is 13.2. The van der Waals surface area contributed by atoms with Crippen LogP contribution in [0.2, 0.25) is 0 Å². The van der Waals surface area contributed by atoms with E-state index < -0.39 is 30.4 Å². The number of anilines is 1. The van der Waals surface area contributed by atoms with Gasteiger partial charge in [-0.05, 0) is 96.1 Å². The monoisotopic (exact) mass is 676 g/mol. The summed E-state index contributed by atoms with van der Waals surface area (Å²) in [6.45, 7) is 7.54. The van der Waals surface area contributed by atoms with Crippen LogP contribution in [0.1, 0.15) is 102 Å². The number of aromatic nitrogens is 1. The molecule has 12 heteroatoms. The van der Waals surface area contributed by atoms with Gasteiger partial charge in [-0.3, -0.25) is 9.69 Å². The van der Waals surface area contributed by atoms with E-state index in [0.29, 0.717) is 30.4 Å². The molecular formula is C36H54F2N4O6. The fourth-order valence-corrected chi connectivity index (χ4v) is 6.96. The maximum absolute atomic E-state index is 13.2. The highest BCUT2D eigenvalue weighted by Crippen LogP contribution is 2.39. The second kappa shape index (κ2) is 18.3. The second-order valence-electron chi connectivity index (χ2n) is 14.2. The maximum Gasteiger partial charge on any atom is 0.407 e. The zero-order chi connectivity index (χ0) is 35.4. The summed E-state index contributed by atoms with van der Waals surface area (Å²) in [6, 6.07) is 6.36. The summed E-state index contributed by atoms with van der Waals surface area (Å²) >= 11 is 0. The number of carbonyl (C=O) groups excluding carboxylic acids is 4. The predicted octanol–water partition coefficient (Wildman–Crippen LogP) is 7.30. The molecule has 0 bridgehead atoms. The second-order valence-corrected chi connectivity index (χ2v) is 14.2. The summed E-state index contributed by atoms with van der Waals surface area (Å²) in [5, 5.41) is 6.32. The summed E-state index contributed by atoms with van der Waals surface area (Å²) in [7, 11) is 3.71. The molecule has 2 aromatic rings. The molecule has 2 fully saturated rings. The van der Waals surface area contributed by atoms with Gasteiger partial charge in [-0.1, -0.05) is 45.4 Å². The van der Waals surface area contributed by atoms with Crippen molar-refractivity contribution in [1.82, 2.24) is 14.8 Å². The van der Waals surface area contributed by atoms with Gasteiger partial charge in [0.1, 0.15) is 24.3 Å². The normalized spacial score (nSPS) is 19.9. The molecule has 2 aliphatic rings. The molecule has 4 atom stereocenters. The minimum Gasteiger partial charge on any atom is -0.444 e. The number of hydrogen-bond donors (Lipinski definition) is 2. The number of alkyl halides is 1. The van der Waals surface area contributed by atoms with Gasteiger partial charge in [-0.15, -0.1) is 0 Å². The van der Waals surface area contributed by atoms with Gasteiger partial charge in [0.25, 0.3) is 0 Å². The smallest absolute Gasteiger partial charge is 0.407 e. The van der Waals surface area contributed by atoms with Crippen molar-refractivity contribution in [3.8, 4) is 0 Å². The van der Waals surface area contributed by atoms with Gasteiger partial charge in [0.2, 0.25) is 5.91 Å². The highest BCUT2D eigenvalue weighted by atomic mass is 19.3. The number of aldehydes is 1. The van der Waals surface area contributed by atoms with Crippen LogP contribution in [-0.4, -0.2) is 71.7 Å². The molecule has 48 heavy (non-hydrogen) atoms. The Kier molecular flexibility index (Phi) is 14.8. The lowest BCUT2D eigenvalue weighted by Crippen LogP contribution is -2.43. The summed E-state index contributed by atoms with van der Waals surface area (Å²) in [5.74, 6) is 0.0697. The van der Waals surface area contributed by atoms with Crippen molar-refractivity contribution in [2.45, 2.75) is 110 Å². The number of benzene rings is 1. The summed E-state index contributed by atoms with van der Waals surface area (Å²) in [6.07, 6.45) is 10.5. The van der Waals surface area contributed by atoms with Crippen LogP contribution in [0.5, 0.6) is 0 Å². The zero-order valence-electron chi connectivity index (χ0n) is 29.4. The fourth-order valence-electron chi connectivity index (χ4n) is 6.96. The number of ether oxygens (including phenoxy) is 1. The first kappa shape index (κ1) is 38.9. The van der Waals surface area contributed by atoms with E-state index in [1.807, 2.05) is 32.2 Å². The molecule has 10 nitrogen and oxygen atoms in total. The third-order valence-corrected chi connectivity index (χ3v) is 9.56. The first-order chi connectivity index (χ1) is 22.8. The topological polar surface area (TPSA) is 119 Å². The molecule has 1 aromatic heterocycles. The lowest BCUT2D eigenvalue weighted by Gasteiger charge is -2.32. The Balaban J connectivity index is 0.000000288. The average Bonchev–Trinajstić information content (AvgIpc) is 3.61. The van der Waals surface area contributed by atoms with Gasteiger partial charge in [-0.2, -0.15) is 0 Å². The van der Waals surface area contributed by atoms with Crippen molar-refractivity contribution in [3.63, 3.8) is 0 Å². The highest BCUT2D eigenvalue weighted by molar-refractivity contribution is 5.99. The average molecular weight is 677 g/mol. The van der Waals surface area contributed by atoms with E-state index in [1.165, 1.54) is 32.1 Å². The molecule has 1 saturated carbocycles. The van der Waals surface area contributed by atoms with Gasteiger partial charge in [0.15, 0.2) is 0 Å². The van der Waals surface area contributed by atoms with Gasteiger partial charge in [-0.25, -0.2) is 18.9 Å². The van der Waals surface area contributed by atoms with Crippen molar-refractivity contribution in [3.05, 3.63) is 30.0 Å². The highest BCUT2D eigenvalue weighted by Gasteiger charge is 2.41. The van der Waals surface area contributed by atoms with Crippen LogP contribution in [0, 0.1) is 17.8 Å². The quantitative estimate of drug-likeness (QED) is 0.227. The van der Waals surface area contributed by atoms with Crippen molar-refractivity contribution >= 4 is 40.8 Å². The number of hydrogen-bond acceptors (Lipinski definition) is 7. The number of likely N-dealkylation sites (N-methyl/N-ethyl adjacent to an activating group) is 1. The Morgan fingerprint density at radius 2 is 1.77 bits per heavy atom. The summed E-state index contributed by atoms with van der Waals surface area (Å²) in [5.41, 5.74) is 0.978. The molecular weight excluding hydrogens is 622 g/mol. The van der Waals surface area contributed by atoms with Gasteiger partial charge < -0.3 is 24.7 Å². The standard InChI is InChI=1S/C22H28FN3O3.C14H26FNO3/c1-25-11-10-17(14-6-4-3-5-7-14)20(25)21(27)24-16-8-9-18-15(12-16)13-19(26(18)2)22(28)29-23;1-5-11(10-17)7-6-8-12(9-15)16-13(18)19-14(2,3)4/h8-9,12-14,17,20H,3-7,10-11H2,1-2H3,(H,24,27);10-12H,5-9H2,1-4H3,(H,16,18). The lowest BCUT2D eigenvalue weighted by molar-refractivity contribution is -0.121. The van der Waals surface area contributed by atoms with Gasteiger partial charge in [0, 0.05) is 34.1 Å². The minimum atomic E-state index is -1.03. The van der Waals surface area contributed by atoms with Gasteiger partial charge in [0.05, 0.1) is 12.1 Å². The van der Waals surface area contributed by atoms with Crippen molar-refractivity contribution in [2.75, 3.05) is 25.6 Å². The van der Waals surface area contributed by atoms with E-state index in [2.05, 4.69) is 20.5 Å². The van der Waals surface area contributed by atoms with Crippen LogP contribution >= 0.6 is 0 Å². The van der Waals surface area contributed by atoms with E-state index in [1.54, 1.807) is 38.5 Å². The molecule has 1 aromatic carbocycles. The Morgan fingerprint density at radius 1 is 1.06 bits per heavy atom. The van der Waals surface area contributed by atoms with Crippen LogP contribution < -0.4 is 10.6 Å². The molecule has 1 aliphatic carbocycles. The Morgan fingerprint density at radius 3 is 2.38 bits per heavy atom. The lowest BCUT2D eigenvalue weighted by atomic mass is 9.76. The van der Waals surface area contributed by atoms with Crippen molar-refractivity contribution < 1.29 is 37.8 Å². The number of alkyl carbamates (subject to hydrolysis) is 1. The van der Waals surface area contributed by atoms with Crippen LogP contribution in [0.3, 0.4) is 0 Å². The van der Waals surface area contributed by atoms with E-state index in [4.69, 9.17) is 4.74 Å². The minimum absolute atomic E-state index is 0.0271. The molecule has 4 unspecified atom stereocenters. The zero-order valence-corrected chi connectivity index (χ0v) is 29.4.